The zero-order chi connectivity index (χ0) is 12.5. The van der Waals surface area contributed by atoms with Crippen molar-refractivity contribution in [2.45, 2.75) is 37.6 Å². The van der Waals surface area contributed by atoms with Crippen molar-refractivity contribution < 1.29 is 0 Å². The number of nitriles is 1. The molecule has 0 aliphatic rings. The summed E-state index contributed by atoms with van der Waals surface area (Å²) in [4.78, 5) is 1.32. The van der Waals surface area contributed by atoms with E-state index in [1.165, 1.54) is 10.5 Å². The number of rotatable bonds is 7. The molecule has 0 radical (unpaired) electrons. The van der Waals surface area contributed by atoms with E-state index in [1.807, 2.05) is 11.8 Å². The lowest BCUT2D eigenvalue weighted by atomic mass is 10.2. The summed E-state index contributed by atoms with van der Waals surface area (Å²) in [6, 6.07) is 10.7. The van der Waals surface area contributed by atoms with Crippen molar-refractivity contribution >= 4 is 11.8 Å². The fraction of sp³-hybridized carbons (Fsp3) is 0.500. The maximum absolute atomic E-state index is 8.98. The maximum Gasteiger partial charge on any atom is 0.0961 e. The molecule has 2 nitrogen and oxygen atoms in total. The summed E-state index contributed by atoms with van der Waals surface area (Å²) in [6.07, 6.45) is 1.97. The van der Waals surface area contributed by atoms with Gasteiger partial charge in [-0.2, -0.15) is 5.26 Å². The van der Waals surface area contributed by atoms with E-state index in [4.69, 9.17) is 5.26 Å². The van der Waals surface area contributed by atoms with Crippen molar-refractivity contribution in [2.24, 2.45) is 0 Å². The normalized spacial score (nSPS) is 12.1. The number of hydrogen-bond donors (Lipinski definition) is 1. The van der Waals surface area contributed by atoms with Gasteiger partial charge in [0, 0.05) is 10.6 Å². The first kappa shape index (κ1) is 14.1. The molecular weight excluding hydrogens is 228 g/mol. The zero-order valence-corrected chi connectivity index (χ0v) is 11.4. The van der Waals surface area contributed by atoms with Gasteiger partial charge in [0.05, 0.1) is 12.1 Å². The lowest BCUT2D eigenvalue weighted by Crippen LogP contribution is -2.28. The van der Waals surface area contributed by atoms with E-state index in [9.17, 15) is 0 Å². The van der Waals surface area contributed by atoms with E-state index in [1.54, 1.807) is 0 Å². The number of hydrogen-bond acceptors (Lipinski definition) is 3. The molecule has 0 saturated carbocycles. The van der Waals surface area contributed by atoms with Gasteiger partial charge in [-0.15, -0.1) is 11.8 Å². The summed E-state index contributed by atoms with van der Waals surface area (Å²) >= 11 is 1.83. The van der Waals surface area contributed by atoms with Crippen LogP contribution in [0, 0.1) is 18.3 Å². The van der Waals surface area contributed by atoms with Gasteiger partial charge in [-0.3, -0.25) is 0 Å². The highest BCUT2D eigenvalue weighted by Gasteiger charge is 2.06. The molecule has 0 aliphatic heterocycles. The Morgan fingerprint density at radius 1 is 1.41 bits per heavy atom. The molecule has 0 spiro atoms. The standard InChI is InChI=1S/C14H20N2S/c1-3-9-16-13(11-15)8-10-17-14-7-5-4-6-12(14)2/h4-7,13,16H,3,8-10H2,1-2H3. The average molecular weight is 248 g/mol. The quantitative estimate of drug-likeness (QED) is 0.752. The Hall–Kier alpha value is -0.980. The van der Waals surface area contributed by atoms with Crippen LogP contribution < -0.4 is 5.32 Å². The Bertz CT molecular complexity index is 371. The summed E-state index contributed by atoms with van der Waals surface area (Å²) < 4.78 is 0. The SMILES string of the molecule is CCCNC(C#N)CCSc1ccccc1C. The number of aryl methyl sites for hydroxylation is 1. The summed E-state index contributed by atoms with van der Waals surface area (Å²) in [5.41, 5.74) is 1.31. The van der Waals surface area contributed by atoms with E-state index in [-0.39, 0.29) is 6.04 Å². The van der Waals surface area contributed by atoms with Crippen LogP contribution in [0.1, 0.15) is 25.3 Å². The Morgan fingerprint density at radius 2 is 2.18 bits per heavy atom. The molecule has 0 aromatic heterocycles. The summed E-state index contributed by atoms with van der Waals surface area (Å²) in [7, 11) is 0. The lowest BCUT2D eigenvalue weighted by Gasteiger charge is -2.10. The van der Waals surface area contributed by atoms with E-state index >= 15 is 0 Å². The van der Waals surface area contributed by atoms with Gasteiger partial charge in [-0.1, -0.05) is 25.1 Å². The van der Waals surface area contributed by atoms with Crippen LogP contribution in [0.25, 0.3) is 0 Å². The Labute approximate surface area is 108 Å². The predicted octanol–water partition coefficient (Wildman–Crippen LogP) is 3.37. The highest BCUT2D eigenvalue weighted by molar-refractivity contribution is 7.99. The maximum atomic E-state index is 8.98. The minimum absolute atomic E-state index is 0.00790. The van der Waals surface area contributed by atoms with Crippen molar-refractivity contribution in [2.75, 3.05) is 12.3 Å². The average Bonchev–Trinajstić information content (AvgIpc) is 2.35. The van der Waals surface area contributed by atoms with Crippen LogP contribution in [0.2, 0.25) is 0 Å². The molecule has 1 aromatic rings. The first-order valence-electron chi connectivity index (χ1n) is 6.09. The molecular formula is C14H20N2S. The molecule has 0 heterocycles. The van der Waals surface area contributed by atoms with Crippen LogP contribution >= 0.6 is 11.8 Å². The first-order valence-corrected chi connectivity index (χ1v) is 7.08. The van der Waals surface area contributed by atoms with Gasteiger partial charge < -0.3 is 5.32 Å². The predicted molar refractivity (Wildman–Crippen MR) is 74.2 cm³/mol. The minimum atomic E-state index is -0.00790. The van der Waals surface area contributed by atoms with E-state index in [0.29, 0.717) is 0 Å². The molecule has 0 amide bonds. The first-order chi connectivity index (χ1) is 8.27. The fourth-order valence-corrected chi connectivity index (χ4v) is 2.58. The summed E-state index contributed by atoms with van der Waals surface area (Å²) in [5.74, 6) is 0.986. The second-order valence-corrected chi connectivity index (χ2v) is 5.18. The summed E-state index contributed by atoms with van der Waals surface area (Å²) in [6.45, 7) is 5.16. The van der Waals surface area contributed by atoms with E-state index < -0.39 is 0 Å². The van der Waals surface area contributed by atoms with Crippen LogP contribution in [0.4, 0.5) is 0 Å². The molecule has 0 fully saturated rings. The van der Waals surface area contributed by atoms with Gasteiger partial charge in [-0.25, -0.2) is 0 Å². The molecule has 1 aromatic carbocycles. The molecule has 1 N–H and O–H groups in total. The Morgan fingerprint density at radius 3 is 2.82 bits per heavy atom. The molecule has 0 saturated heterocycles. The lowest BCUT2D eigenvalue weighted by molar-refractivity contribution is 0.585. The van der Waals surface area contributed by atoms with Gasteiger partial charge in [0.1, 0.15) is 0 Å². The van der Waals surface area contributed by atoms with Crippen LogP contribution in [-0.2, 0) is 0 Å². The zero-order valence-electron chi connectivity index (χ0n) is 10.6. The van der Waals surface area contributed by atoms with Crippen LogP contribution in [0.15, 0.2) is 29.2 Å². The molecule has 17 heavy (non-hydrogen) atoms. The van der Waals surface area contributed by atoms with Crippen LogP contribution in [0.3, 0.4) is 0 Å². The highest BCUT2D eigenvalue weighted by Crippen LogP contribution is 2.22. The molecule has 1 rings (SSSR count). The summed E-state index contributed by atoms with van der Waals surface area (Å²) in [5, 5.41) is 12.2. The van der Waals surface area contributed by atoms with Crippen molar-refractivity contribution in [1.82, 2.24) is 5.32 Å². The van der Waals surface area contributed by atoms with Crippen molar-refractivity contribution in [1.29, 1.82) is 5.26 Å². The van der Waals surface area contributed by atoms with Gasteiger partial charge in [0.2, 0.25) is 0 Å². The Balaban J connectivity index is 2.32. The van der Waals surface area contributed by atoms with Crippen LogP contribution in [0.5, 0.6) is 0 Å². The third-order valence-corrected chi connectivity index (χ3v) is 3.76. The molecule has 1 unspecified atom stereocenters. The molecule has 0 aliphatic carbocycles. The number of thioether (sulfide) groups is 1. The fourth-order valence-electron chi connectivity index (χ4n) is 1.54. The smallest absolute Gasteiger partial charge is 0.0961 e. The van der Waals surface area contributed by atoms with Crippen LogP contribution in [-0.4, -0.2) is 18.3 Å². The van der Waals surface area contributed by atoms with Crippen molar-refractivity contribution in [3.63, 3.8) is 0 Å². The third kappa shape index (κ3) is 5.25. The molecule has 0 bridgehead atoms. The van der Waals surface area contributed by atoms with Gasteiger partial charge in [0.15, 0.2) is 0 Å². The highest BCUT2D eigenvalue weighted by atomic mass is 32.2. The van der Waals surface area contributed by atoms with Gasteiger partial charge >= 0.3 is 0 Å². The molecule has 92 valence electrons. The Kier molecular flexibility index (Phi) is 6.76. The van der Waals surface area contributed by atoms with Gasteiger partial charge in [-0.05, 0) is 37.9 Å². The van der Waals surface area contributed by atoms with Crippen molar-refractivity contribution in [3.05, 3.63) is 29.8 Å². The number of benzene rings is 1. The third-order valence-electron chi connectivity index (χ3n) is 2.55. The molecule has 1 atom stereocenters. The second-order valence-electron chi connectivity index (χ2n) is 4.04. The number of nitrogens with one attached hydrogen (secondary N) is 1. The van der Waals surface area contributed by atoms with Crippen molar-refractivity contribution in [3.8, 4) is 6.07 Å². The largest absolute Gasteiger partial charge is 0.302 e. The number of nitrogens with zero attached hydrogens (tertiary/aromatic N) is 1. The van der Waals surface area contributed by atoms with Gasteiger partial charge in [0.25, 0.3) is 0 Å². The minimum Gasteiger partial charge on any atom is -0.302 e. The van der Waals surface area contributed by atoms with E-state index in [0.717, 1.165) is 25.1 Å². The molecule has 3 heteroatoms. The topological polar surface area (TPSA) is 35.8 Å². The second kappa shape index (κ2) is 8.16. The van der Waals surface area contributed by atoms with E-state index in [2.05, 4.69) is 49.5 Å². The monoisotopic (exact) mass is 248 g/mol.